The number of anilines is 1. The van der Waals surface area contributed by atoms with E-state index in [2.05, 4.69) is 4.74 Å². The van der Waals surface area contributed by atoms with Gasteiger partial charge in [0.1, 0.15) is 0 Å². The van der Waals surface area contributed by atoms with E-state index >= 15 is 0 Å². The van der Waals surface area contributed by atoms with Crippen LogP contribution in [0.25, 0.3) is 0 Å². The van der Waals surface area contributed by atoms with E-state index in [4.69, 9.17) is 5.73 Å². The molecule has 0 aliphatic heterocycles. The number of halogens is 1. The van der Waals surface area contributed by atoms with Gasteiger partial charge in [-0.05, 0) is 17.7 Å². The molecular formula is C8H10FNO. The Morgan fingerprint density at radius 2 is 1.91 bits per heavy atom. The van der Waals surface area contributed by atoms with E-state index in [9.17, 15) is 4.39 Å². The third-order valence-electron chi connectivity index (χ3n) is 1.33. The average molecular weight is 155 g/mol. The van der Waals surface area contributed by atoms with Gasteiger partial charge in [-0.1, -0.05) is 12.1 Å². The van der Waals surface area contributed by atoms with E-state index in [0.29, 0.717) is 12.3 Å². The Bertz CT molecular complexity index is 210. The lowest BCUT2D eigenvalue weighted by atomic mass is 10.2. The minimum absolute atomic E-state index is 0.302. The predicted octanol–water partition coefficient (Wildman–Crippen LogP) is 1.71. The molecule has 2 nitrogen and oxygen atoms in total. The average Bonchev–Trinajstić information content (AvgIpc) is 2.04. The molecule has 11 heavy (non-hydrogen) atoms. The number of alkyl halides is 1. The zero-order chi connectivity index (χ0) is 8.10. The Morgan fingerprint density at radius 3 is 2.45 bits per heavy atom. The lowest BCUT2D eigenvalue weighted by Crippen LogP contribution is -1.91. The molecule has 3 heteroatoms. The van der Waals surface area contributed by atoms with E-state index in [-0.39, 0.29) is 0 Å². The van der Waals surface area contributed by atoms with Crippen LogP contribution < -0.4 is 5.73 Å². The summed E-state index contributed by atoms with van der Waals surface area (Å²) in [7, 11) is 0. The maximum Gasteiger partial charge on any atom is 0.188 e. The van der Waals surface area contributed by atoms with Gasteiger partial charge in [-0.2, -0.15) is 0 Å². The topological polar surface area (TPSA) is 35.2 Å². The number of hydrogen-bond acceptors (Lipinski definition) is 2. The van der Waals surface area contributed by atoms with E-state index in [1.54, 1.807) is 12.1 Å². The van der Waals surface area contributed by atoms with Gasteiger partial charge in [-0.3, -0.25) is 0 Å². The standard InChI is InChI=1S/C8H10FNO/c9-6-11-5-7-1-3-8(10)4-2-7/h1-4H,5-6,10H2. The first-order valence-corrected chi connectivity index (χ1v) is 3.31. The summed E-state index contributed by atoms with van der Waals surface area (Å²) in [5.41, 5.74) is 7.07. The minimum Gasteiger partial charge on any atom is -0.399 e. The van der Waals surface area contributed by atoms with Crippen molar-refractivity contribution in [3.05, 3.63) is 29.8 Å². The Hall–Kier alpha value is -1.09. The smallest absolute Gasteiger partial charge is 0.188 e. The molecule has 0 unspecified atom stereocenters. The summed E-state index contributed by atoms with van der Waals surface area (Å²) >= 11 is 0. The van der Waals surface area contributed by atoms with Crippen molar-refractivity contribution in [1.82, 2.24) is 0 Å². The molecule has 0 atom stereocenters. The van der Waals surface area contributed by atoms with Crippen molar-refractivity contribution in [2.45, 2.75) is 6.61 Å². The van der Waals surface area contributed by atoms with Crippen molar-refractivity contribution in [2.75, 3.05) is 12.6 Å². The van der Waals surface area contributed by atoms with Crippen LogP contribution >= 0.6 is 0 Å². The fraction of sp³-hybridized carbons (Fsp3) is 0.250. The molecule has 0 aromatic heterocycles. The zero-order valence-electron chi connectivity index (χ0n) is 6.09. The molecular weight excluding hydrogens is 145 g/mol. The van der Waals surface area contributed by atoms with Gasteiger partial charge >= 0.3 is 0 Å². The number of nitrogens with two attached hydrogens (primary N) is 1. The van der Waals surface area contributed by atoms with Crippen LogP contribution in [-0.2, 0) is 11.3 Å². The Labute approximate surface area is 64.8 Å². The summed E-state index contributed by atoms with van der Waals surface area (Å²) in [5.74, 6) is 0. The highest BCUT2D eigenvalue weighted by molar-refractivity contribution is 5.38. The lowest BCUT2D eigenvalue weighted by Gasteiger charge is -1.99. The second-order valence-electron chi connectivity index (χ2n) is 2.20. The molecule has 1 rings (SSSR count). The third-order valence-corrected chi connectivity index (χ3v) is 1.33. The predicted molar refractivity (Wildman–Crippen MR) is 41.6 cm³/mol. The van der Waals surface area contributed by atoms with Crippen LogP contribution in [0.2, 0.25) is 0 Å². The fourth-order valence-electron chi connectivity index (χ4n) is 0.770. The van der Waals surface area contributed by atoms with Crippen LogP contribution in [-0.4, -0.2) is 6.86 Å². The van der Waals surface area contributed by atoms with Crippen molar-refractivity contribution in [2.24, 2.45) is 0 Å². The first kappa shape index (κ1) is 8.01. The van der Waals surface area contributed by atoms with Gasteiger partial charge in [-0.25, -0.2) is 4.39 Å². The molecule has 0 radical (unpaired) electrons. The van der Waals surface area contributed by atoms with Crippen LogP contribution in [0.4, 0.5) is 10.1 Å². The molecule has 0 spiro atoms. The molecule has 0 saturated heterocycles. The van der Waals surface area contributed by atoms with Gasteiger partial charge in [0.2, 0.25) is 0 Å². The molecule has 60 valence electrons. The highest BCUT2D eigenvalue weighted by Gasteiger charge is 1.90. The maximum atomic E-state index is 11.5. The molecule has 0 heterocycles. The molecule has 0 aliphatic carbocycles. The highest BCUT2D eigenvalue weighted by atomic mass is 19.1. The molecule has 1 aromatic rings. The SMILES string of the molecule is Nc1ccc(COCF)cc1. The van der Waals surface area contributed by atoms with Gasteiger partial charge in [0.05, 0.1) is 6.61 Å². The first-order valence-electron chi connectivity index (χ1n) is 3.31. The summed E-state index contributed by atoms with van der Waals surface area (Å²) in [5, 5.41) is 0. The van der Waals surface area contributed by atoms with E-state index in [0.717, 1.165) is 5.56 Å². The molecule has 0 amide bonds. The summed E-state index contributed by atoms with van der Waals surface area (Å²) < 4.78 is 16.1. The Balaban J connectivity index is 2.52. The quantitative estimate of drug-likeness (QED) is 0.674. The van der Waals surface area contributed by atoms with Crippen LogP contribution in [0.15, 0.2) is 24.3 Å². The fourth-order valence-corrected chi connectivity index (χ4v) is 0.770. The molecule has 0 aliphatic rings. The van der Waals surface area contributed by atoms with Gasteiger partial charge in [-0.15, -0.1) is 0 Å². The highest BCUT2D eigenvalue weighted by Crippen LogP contribution is 2.06. The van der Waals surface area contributed by atoms with Gasteiger partial charge in [0, 0.05) is 5.69 Å². The summed E-state index contributed by atoms with van der Waals surface area (Å²) in [6, 6.07) is 7.14. The van der Waals surface area contributed by atoms with Crippen LogP contribution in [0.5, 0.6) is 0 Å². The molecule has 0 fully saturated rings. The minimum atomic E-state index is -0.746. The van der Waals surface area contributed by atoms with Gasteiger partial charge in [0.15, 0.2) is 6.86 Å². The van der Waals surface area contributed by atoms with Crippen molar-refractivity contribution >= 4 is 5.69 Å². The van der Waals surface area contributed by atoms with Crippen molar-refractivity contribution in [3.63, 3.8) is 0 Å². The van der Waals surface area contributed by atoms with Crippen molar-refractivity contribution in [1.29, 1.82) is 0 Å². The van der Waals surface area contributed by atoms with Gasteiger partial charge in [0.25, 0.3) is 0 Å². The number of nitrogen functional groups attached to an aromatic ring is 1. The summed E-state index contributed by atoms with van der Waals surface area (Å²) in [6.07, 6.45) is 0. The van der Waals surface area contributed by atoms with Crippen LogP contribution in [0.1, 0.15) is 5.56 Å². The second-order valence-corrected chi connectivity index (χ2v) is 2.20. The zero-order valence-corrected chi connectivity index (χ0v) is 6.09. The second kappa shape index (κ2) is 3.93. The summed E-state index contributed by atoms with van der Waals surface area (Å²) in [6.45, 7) is -0.443. The normalized spacial score (nSPS) is 9.91. The molecule has 1 aromatic carbocycles. The first-order chi connectivity index (χ1) is 5.33. The molecule has 0 bridgehead atoms. The third kappa shape index (κ3) is 2.55. The van der Waals surface area contributed by atoms with E-state index < -0.39 is 6.86 Å². The summed E-state index contributed by atoms with van der Waals surface area (Å²) in [4.78, 5) is 0. The van der Waals surface area contributed by atoms with Gasteiger partial charge < -0.3 is 10.5 Å². The number of benzene rings is 1. The maximum absolute atomic E-state index is 11.5. The Morgan fingerprint density at radius 1 is 1.27 bits per heavy atom. The van der Waals surface area contributed by atoms with Crippen molar-refractivity contribution in [3.8, 4) is 0 Å². The van der Waals surface area contributed by atoms with Crippen LogP contribution in [0, 0.1) is 0 Å². The monoisotopic (exact) mass is 155 g/mol. The number of rotatable bonds is 3. The number of ether oxygens (including phenoxy) is 1. The van der Waals surface area contributed by atoms with Crippen molar-refractivity contribution < 1.29 is 9.13 Å². The molecule has 2 N–H and O–H groups in total. The van der Waals surface area contributed by atoms with Crippen LogP contribution in [0.3, 0.4) is 0 Å². The largest absolute Gasteiger partial charge is 0.399 e. The van der Waals surface area contributed by atoms with E-state index in [1.165, 1.54) is 0 Å². The molecule has 0 saturated carbocycles. The van der Waals surface area contributed by atoms with E-state index in [1.807, 2.05) is 12.1 Å². The number of hydrogen-bond donors (Lipinski definition) is 1. The lowest BCUT2D eigenvalue weighted by molar-refractivity contribution is 0.0462. The Kier molecular flexibility index (Phi) is 2.86.